The summed E-state index contributed by atoms with van der Waals surface area (Å²) < 4.78 is 92.6. The molecule has 164 valence electrons. The van der Waals surface area contributed by atoms with Crippen LogP contribution in [0.3, 0.4) is 0 Å². The molecular weight excluding hydrogens is 427 g/mol. The molecule has 0 unspecified atom stereocenters. The fourth-order valence-corrected chi connectivity index (χ4v) is 6.36. The van der Waals surface area contributed by atoms with E-state index in [2.05, 4.69) is 0 Å². The molecule has 0 amide bonds. The second-order valence-electron chi connectivity index (χ2n) is 7.60. The highest BCUT2D eigenvalue weighted by Gasteiger charge is 2.50. The SMILES string of the molecule is O=S(=O)(c1ccc(C(F)(F)F)cc1)C1(c2cc(F)ccc2F)CCC(CCO)CC1. The molecule has 30 heavy (non-hydrogen) atoms. The van der Waals surface area contributed by atoms with Gasteiger partial charge in [0.15, 0.2) is 9.84 Å². The molecule has 1 N–H and O–H groups in total. The summed E-state index contributed by atoms with van der Waals surface area (Å²) in [6, 6.07) is 5.64. The van der Waals surface area contributed by atoms with Gasteiger partial charge >= 0.3 is 6.18 Å². The Morgan fingerprint density at radius 3 is 2.13 bits per heavy atom. The molecule has 9 heteroatoms. The van der Waals surface area contributed by atoms with Crippen molar-refractivity contribution in [1.29, 1.82) is 0 Å². The van der Waals surface area contributed by atoms with E-state index in [1.165, 1.54) is 0 Å². The van der Waals surface area contributed by atoms with Gasteiger partial charge in [0.2, 0.25) is 0 Å². The van der Waals surface area contributed by atoms with Crippen LogP contribution in [-0.2, 0) is 20.8 Å². The Morgan fingerprint density at radius 1 is 1.00 bits per heavy atom. The molecule has 1 aliphatic rings. The van der Waals surface area contributed by atoms with E-state index in [0.717, 1.165) is 30.3 Å². The highest BCUT2D eigenvalue weighted by molar-refractivity contribution is 7.92. The summed E-state index contributed by atoms with van der Waals surface area (Å²) in [6.45, 7) is -0.0718. The number of rotatable bonds is 5. The average Bonchev–Trinajstić information content (AvgIpc) is 2.70. The smallest absolute Gasteiger partial charge is 0.396 e. The van der Waals surface area contributed by atoms with Crippen molar-refractivity contribution in [3.05, 3.63) is 65.2 Å². The molecule has 1 saturated carbocycles. The summed E-state index contributed by atoms with van der Waals surface area (Å²) in [5.74, 6) is -1.65. The fourth-order valence-electron chi connectivity index (χ4n) is 4.19. The molecule has 0 aromatic heterocycles. The summed E-state index contributed by atoms with van der Waals surface area (Å²) in [4.78, 5) is -0.375. The lowest BCUT2D eigenvalue weighted by atomic mass is 9.76. The van der Waals surface area contributed by atoms with Crippen LogP contribution in [0.4, 0.5) is 22.0 Å². The minimum atomic E-state index is -4.63. The number of aliphatic hydroxyl groups excluding tert-OH is 1. The maximum Gasteiger partial charge on any atom is 0.416 e. The van der Waals surface area contributed by atoms with Gasteiger partial charge in [-0.15, -0.1) is 0 Å². The van der Waals surface area contributed by atoms with Gasteiger partial charge in [0, 0.05) is 12.2 Å². The first-order valence-corrected chi connectivity index (χ1v) is 11.0. The molecule has 2 aromatic carbocycles. The molecule has 0 radical (unpaired) electrons. The van der Waals surface area contributed by atoms with Crippen molar-refractivity contribution in [2.45, 2.75) is 47.9 Å². The van der Waals surface area contributed by atoms with E-state index >= 15 is 0 Å². The number of benzene rings is 2. The first kappa shape index (κ1) is 22.7. The number of aliphatic hydroxyl groups is 1. The Balaban J connectivity index is 2.11. The number of alkyl halides is 3. The molecule has 0 atom stereocenters. The summed E-state index contributed by atoms with van der Waals surface area (Å²) in [7, 11) is -4.35. The highest BCUT2D eigenvalue weighted by Crippen LogP contribution is 2.49. The van der Waals surface area contributed by atoms with Crippen LogP contribution < -0.4 is 0 Å². The lowest BCUT2D eigenvalue weighted by molar-refractivity contribution is -0.137. The van der Waals surface area contributed by atoms with E-state index in [1.54, 1.807) is 0 Å². The number of hydrogen-bond donors (Lipinski definition) is 1. The van der Waals surface area contributed by atoms with Crippen LogP contribution in [0, 0.1) is 17.6 Å². The molecule has 0 heterocycles. The quantitative estimate of drug-likeness (QED) is 0.638. The minimum Gasteiger partial charge on any atom is -0.396 e. The Kier molecular flexibility index (Phi) is 6.25. The number of sulfone groups is 1. The molecule has 3 rings (SSSR count). The van der Waals surface area contributed by atoms with Gasteiger partial charge in [0.1, 0.15) is 16.4 Å². The Morgan fingerprint density at radius 2 is 1.60 bits per heavy atom. The molecule has 1 aliphatic carbocycles. The van der Waals surface area contributed by atoms with Crippen molar-refractivity contribution in [3.8, 4) is 0 Å². The Bertz CT molecular complexity index is 992. The molecule has 0 bridgehead atoms. The maximum absolute atomic E-state index is 14.7. The van der Waals surface area contributed by atoms with Gasteiger partial charge < -0.3 is 5.11 Å². The Hall–Kier alpha value is -2.00. The average molecular weight is 448 g/mol. The lowest BCUT2D eigenvalue weighted by Crippen LogP contribution is -2.40. The van der Waals surface area contributed by atoms with E-state index in [1.807, 2.05) is 0 Å². The molecule has 0 saturated heterocycles. The van der Waals surface area contributed by atoms with Crippen molar-refractivity contribution in [3.63, 3.8) is 0 Å². The zero-order valence-corrected chi connectivity index (χ0v) is 16.7. The molecule has 0 spiro atoms. The standard InChI is InChI=1S/C21H21F5O3S/c22-16-3-6-19(23)18(13-16)20(10-7-14(8-11-20)9-12-27)30(28,29)17-4-1-15(2-5-17)21(24,25)26/h1-6,13-14,27H,7-12H2. The van der Waals surface area contributed by atoms with Gasteiger partial charge in [-0.25, -0.2) is 17.2 Å². The second-order valence-corrected chi connectivity index (χ2v) is 9.86. The van der Waals surface area contributed by atoms with E-state index in [4.69, 9.17) is 5.11 Å². The molecule has 3 nitrogen and oxygen atoms in total. The van der Waals surface area contributed by atoms with Crippen molar-refractivity contribution in [2.75, 3.05) is 6.61 Å². The van der Waals surface area contributed by atoms with E-state index in [9.17, 15) is 30.4 Å². The van der Waals surface area contributed by atoms with E-state index in [-0.39, 0.29) is 35.8 Å². The van der Waals surface area contributed by atoms with Gasteiger partial charge in [-0.05, 0) is 80.5 Å². The van der Waals surface area contributed by atoms with Gasteiger partial charge in [0.05, 0.1) is 10.5 Å². The van der Waals surface area contributed by atoms with Crippen molar-refractivity contribution in [2.24, 2.45) is 5.92 Å². The van der Waals surface area contributed by atoms with Gasteiger partial charge in [-0.2, -0.15) is 13.2 Å². The summed E-state index contributed by atoms with van der Waals surface area (Å²) in [5, 5.41) is 9.16. The molecule has 1 fully saturated rings. The number of halogens is 5. The zero-order chi connectivity index (χ0) is 22.2. The third-order valence-electron chi connectivity index (χ3n) is 5.88. The molecular formula is C21H21F5O3S. The maximum atomic E-state index is 14.7. The third kappa shape index (κ3) is 4.09. The first-order chi connectivity index (χ1) is 14.0. The van der Waals surface area contributed by atoms with Crippen LogP contribution in [0.15, 0.2) is 47.4 Å². The lowest BCUT2D eigenvalue weighted by Gasteiger charge is -2.40. The van der Waals surface area contributed by atoms with Crippen LogP contribution in [0.2, 0.25) is 0 Å². The normalized spacial score (nSPS) is 22.8. The monoisotopic (exact) mass is 448 g/mol. The van der Waals surface area contributed by atoms with Crippen LogP contribution in [0.5, 0.6) is 0 Å². The Labute approximate surface area is 171 Å². The fraction of sp³-hybridized carbons (Fsp3) is 0.429. The molecule has 0 aliphatic heterocycles. The summed E-state index contributed by atoms with van der Waals surface area (Å²) >= 11 is 0. The van der Waals surface area contributed by atoms with Crippen molar-refractivity contribution in [1.82, 2.24) is 0 Å². The first-order valence-electron chi connectivity index (χ1n) is 9.49. The summed E-state index contributed by atoms with van der Waals surface area (Å²) in [6.07, 6.45) is -3.51. The third-order valence-corrected chi connectivity index (χ3v) is 8.43. The van der Waals surface area contributed by atoms with Crippen LogP contribution in [0.25, 0.3) is 0 Å². The highest BCUT2D eigenvalue weighted by atomic mass is 32.2. The summed E-state index contributed by atoms with van der Waals surface area (Å²) in [5.41, 5.74) is -1.32. The van der Waals surface area contributed by atoms with Crippen molar-refractivity contribution >= 4 is 9.84 Å². The topological polar surface area (TPSA) is 54.4 Å². The van der Waals surface area contributed by atoms with Gasteiger partial charge in [-0.1, -0.05) is 0 Å². The predicted molar refractivity (Wildman–Crippen MR) is 100 cm³/mol. The van der Waals surface area contributed by atoms with Gasteiger partial charge in [-0.3, -0.25) is 0 Å². The number of hydrogen-bond acceptors (Lipinski definition) is 3. The van der Waals surface area contributed by atoms with Gasteiger partial charge in [0.25, 0.3) is 0 Å². The van der Waals surface area contributed by atoms with E-state index < -0.39 is 38.0 Å². The minimum absolute atomic E-state index is 0.0264. The zero-order valence-electron chi connectivity index (χ0n) is 15.9. The van der Waals surface area contributed by atoms with E-state index in [0.29, 0.717) is 31.4 Å². The largest absolute Gasteiger partial charge is 0.416 e. The van der Waals surface area contributed by atoms with Crippen LogP contribution in [0.1, 0.15) is 43.2 Å². The predicted octanol–water partition coefficient (Wildman–Crippen LogP) is 5.23. The van der Waals surface area contributed by atoms with Crippen LogP contribution >= 0.6 is 0 Å². The molecule has 2 aromatic rings. The van der Waals surface area contributed by atoms with Crippen molar-refractivity contribution < 1.29 is 35.5 Å². The van der Waals surface area contributed by atoms with Crippen LogP contribution in [-0.4, -0.2) is 20.1 Å². The second kappa shape index (κ2) is 8.26.